The van der Waals surface area contributed by atoms with Crippen molar-refractivity contribution in [2.45, 2.75) is 13.3 Å². The topological polar surface area (TPSA) is 84.9 Å². The number of esters is 1. The third-order valence-corrected chi connectivity index (χ3v) is 6.27. The summed E-state index contributed by atoms with van der Waals surface area (Å²) < 4.78 is 10.5. The molecule has 3 aromatic carbocycles. The van der Waals surface area contributed by atoms with E-state index in [-0.39, 0.29) is 29.6 Å². The van der Waals surface area contributed by atoms with Crippen molar-refractivity contribution in [3.63, 3.8) is 0 Å². The van der Waals surface area contributed by atoms with Gasteiger partial charge in [-0.05, 0) is 60.9 Å². The van der Waals surface area contributed by atoms with E-state index in [1.807, 2.05) is 30.3 Å². The highest BCUT2D eigenvalue weighted by Gasteiger charge is 2.36. The number of benzene rings is 3. The van der Waals surface area contributed by atoms with Crippen LogP contribution in [0.3, 0.4) is 0 Å². The molecule has 0 aromatic heterocycles. The normalized spacial score (nSPS) is 14.1. The maximum Gasteiger partial charge on any atom is 0.340 e. The average molecular weight is 531 g/mol. The molecule has 1 heterocycles. The molecule has 8 heteroatoms. The summed E-state index contributed by atoms with van der Waals surface area (Å²) in [6.07, 6.45) is 2.32. The maximum absolute atomic E-state index is 13.3. The van der Waals surface area contributed by atoms with Crippen LogP contribution in [-0.4, -0.2) is 42.9 Å². The predicted octanol–water partition coefficient (Wildman–Crippen LogP) is 5.27. The summed E-state index contributed by atoms with van der Waals surface area (Å²) in [5.74, 6) is -0.656. The van der Waals surface area contributed by atoms with Crippen LogP contribution in [0.2, 0.25) is 5.02 Å². The van der Waals surface area contributed by atoms with Crippen molar-refractivity contribution in [1.82, 2.24) is 4.90 Å². The van der Waals surface area contributed by atoms with E-state index in [4.69, 9.17) is 21.1 Å². The molecule has 0 atom stereocenters. The minimum Gasteiger partial charge on any atom is -0.484 e. The van der Waals surface area contributed by atoms with Gasteiger partial charge in [-0.1, -0.05) is 60.1 Å². The Morgan fingerprint density at radius 3 is 2.42 bits per heavy atom. The Bertz CT molecular complexity index is 1400. The Labute approximate surface area is 226 Å². The van der Waals surface area contributed by atoms with Gasteiger partial charge in [0.1, 0.15) is 5.75 Å². The third kappa shape index (κ3) is 6.49. The number of rotatable bonds is 9. The Kier molecular flexibility index (Phi) is 8.61. The summed E-state index contributed by atoms with van der Waals surface area (Å²) in [5, 5.41) is 3.24. The van der Waals surface area contributed by atoms with Crippen molar-refractivity contribution < 1.29 is 23.9 Å². The fourth-order valence-electron chi connectivity index (χ4n) is 4.12. The van der Waals surface area contributed by atoms with E-state index in [1.165, 1.54) is 7.11 Å². The molecule has 0 spiro atoms. The fraction of sp³-hybridized carbons (Fsp3) is 0.167. The summed E-state index contributed by atoms with van der Waals surface area (Å²) in [7, 11) is 1.30. The maximum atomic E-state index is 13.3. The average Bonchev–Trinajstić information content (AvgIpc) is 3.15. The Morgan fingerprint density at radius 2 is 1.74 bits per heavy atom. The van der Waals surface area contributed by atoms with Crippen LogP contribution in [0.25, 0.3) is 6.08 Å². The summed E-state index contributed by atoms with van der Waals surface area (Å²) in [6.45, 7) is 2.01. The lowest BCUT2D eigenvalue weighted by Crippen LogP contribution is -2.27. The van der Waals surface area contributed by atoms with Crippen molar-refractivity contribution in [2.24, 2.45) is 0 Å². The highest BCUT2D eigenvalue weighted by molar-refractivity contribution is 6.30. The number of carbonyl (C=O) groups excluding carboxylic acids is 3. The quantitative estimate of drug-likeness (QED) is 0.301. The van der Waals surface area contributed by atoms with Gasteiger partial charge in [0.2, 0.25) is 0 Å². The molecular formula is C30H27ClN2O5. The molecule has 0 saturated carbocycles. The second-order valence-corrected chi connectivity index (χ2v) is 9.06. The van der Waals surface area contributed by atoms with Crippen LogP contribution in [-0.2, 0) is 25.5 Å². The van der Waals surface area contributed by atoms with E-state index in [0.29, 0.717) is 40.7 Å². The Morgan fingerprint density at radius 1 is 1.00 bits per heavy atom. The van der Waals surface area contributed by atoms with Gasteiger partial charge in [-0.3, -0.25) is 9.59 Å². The SMILES string of the molecule is COC(=O)C1=C(C)N(CCc2ccccc2)C(=O)/C1=C\c1ccc(OCC(=O)Nc2cccc(Cl)c2)cc1. The predicted molar refractivity (Wildman–Crippen MR) is 147 cm³/mol. The number of nitrogens with one attached hydrogen (secondary N) is 1. The zero-order valence-corrected chi connectivity index (χ0v) is 21.8. The lowest BCUT2D eigenvalue weighted by molar-refractivity contribution is -0.136. The number of allylic oxidation sites excluding steroid dienone is 1. The summed E-state index contributed by atoms with van der Waals surface area (Å²) in [6, 6.07) is 23.6. The number of anilines is 1. The molecule has 38 heavy (non-hydrogen) atoms. The van der Waals surface area contributed by atoms with Crippen molar-refractivity contribution in [1.29, 1.82) is 0 Å². The first-order valence-corrected chi connectivity index (χ1v) is 12.4. The third-order valence-electron chi connectivity index (χ3n) is 6.04. The Hall–Kier alpha value is -4.36. The van der Waals surface area contributed by atoms with E-state index >= 15 is 0 Å². The summed E-state index contributed by atoms with van der Waals surface area (Å²) in [4.78, 5) is 39.7. The van der Waals surface area contributed by atoms with Gasteiger partial charge in [0.15, 0.2) is 6.61 Å². The molecular weight excluding hydrogens is 504 g/mol. The van der Waals surface area contributed by atoms with Gasteiger partial charge < -0.3 is 19.7 Å². The zero-order chi connectivity index (χ0) is 27.1. The smallest absolute Gasteiger partial charge is 0.340 e. The molecule has 0 radical (unpaired) electrons. The molecule has 3 aromatic rings. The molecule has 4 rings (SSSR count). The van der Waals surface area contributed by atoms with E-state index in [2.05, 4.69) is 5.32 Å². The van der Waals surface area contributed by atoms with Gasteiger partial charge in [0.25, 0.3) is 11.8 Å². The van der Waals surface area contributed by atoms with E-state index in [1.54, 1.807) is 66.4 Å². The largest absolute Gasteiger partial charge is 0.484 e. The number of hydrogen-bond donors (Lipinski definition) is 1. The van der Waals surface area contributed by atoms with Crippen LogP contribution in [0.1, 0.15) is 18.1 Å². The van der Waals surface area contributed by atoms with Crippen molar-refractivity contribution in [3.05, 3.63) is 112 Å². The van der Waals surface area contributed by atoms with Crippen LogP contribution in [0, 0.1) is 0 Å². The first-order valence-electron chi connectivity index (χ1n) is 12.0. The highest BCUT2D eigenvalue weighted by Crippen LogP contribution is 2.32. The molecule has 0 saturated heterocycles. The number of halogens is 1. The van der Waals surface area contributed by atoms with Crippen LogP contribution in [0.15, 0.2) is 95.7 Å². The van der Waals surface area contributed by atoms with E-state index in [9.17, 15) is 14.4 Å². The lowest BCUT2D eigenvalue weighted by atomic mass is 10.0. The van der Waals surface area contributed by atoms with Crippen LogP contribution >= 0.6 is 11.6 Å². The Balaban J connectivity index is 1.44. The number of amides is 2. The van der Waals surface area contributed by atoms with E-state index < -0.39 is 5.97 Å². The van der Waals surface area contributed by atoms with E-state index in [0.717, 1.165) is 5.56 Å². The second kappa shape index (κ2) is 12.3. The summed E-state index contributed by atoms with van der Waals surface area (Å²) in [5.41, 5.74) is 3.47. The standard InChI is InChI=1S/C30H27ClN2O5/c1-20-28(30(36)37-2)26(29(35)33(20)16-15-21-7-4-3-5-8-21)17-22-11-13-25(14-12-22)38-19-27(34)32-24-10-6-9-23(31)18-24/h3-14,17-18H,15-16,19H2,1-2H3,(H,32,34)/b26-17-. The molecule has 0 fully saturated rings. The molecule has 0 bridgehead atoms. The zero-order valence-electron chi connectivity index (χ0n) is 21.1. The van der Waals surface area contributed by atoms with Crippen molar-refractivity contribution >= 4 is 41.1 Å². The molecule has 2 amide bonds. The number of carbonyl (C=O) groups is 3. The fourth-order valence-corrected chi connectivity index (χ4v) is 4.31. The molecule has 1 aliphatic rings. The highest BCUT2D eigenvalue weighted by atomic mass is 35.5. The van der Waals surface area contributed by atoms with Crippen molar-refractivity contribution in [3.8, 4) is 5.75 Å². The molecule has 194 valence electrons. The monoisotopic (exact) mass is 530 g/mol. The van der Waals surface area contributed by atoms with Gasteiger partial charge in [-0.15, -0.1) is 0 Å². The van der Waals surface area contributed by atoms with Crippen molar-refractivity contribution in [2.75, 3.05) is 25.6 Å². The van der Waals surface area contributed by atoms with Crippen LogP contribution < -0.4 is 10.1 Å². The molecule has 1 aliphatic heterocycles. The van der Waals surface area contributed by atoms with Gasteiger partial charge in [-0.25, -0.2) is 4.79 Å². The van der Waals surface area contributed by atoms with Gasteiger partial charge in [0.05, 0.1) is 18.3 Å². The minimum absolute atomic E-state index is 0.184. The minimum atomic E-state index is -0.560. The number of methoxy groups -OCH3 is 1. The summed E-state index contributed by atoms with van der Waals surface area (Å²) >= 11 is 5.94. The first-order chi connectivity index (χ1) is 18.4. The first kappa shape index (κ1) is 26.7. The van der Waals surface area contributed by atoms with Crippen LogP contribution in [0.5, 0.6) is 5.75 Å². The molecule has 0 unspecified atom stereocenters. The number of nitrogens with zero attached hydrogens (tertiary/aromatic N) is 1. The number of hydrogen-bond acceptors (Lipinski definition) is 5. The second-order valence-electron chi connectivity index (χ2n) is 8.62. The lowest BCUT2D eigenvalue weighted by Gasteiger charge is -2.17. The van der Waals surface area contributed by atoms with Gasteiger partial charge >= 0.3 is 5.97 Å². The molecule has 1 N–H and O–H groups in total. The molecule has 7 nitrogen and oxygen atoms in total. The van der Waals surface area contributed by atoms with Gasteiger partial charge in [0, 0.05) is 23.0 Å². The molecule has 0 aliphatic carbocycles. The van der Waals surface area contributed by atoms with Crippen LogP contribution in [0.4, 0.5) is 5.69 Å². The van der Waals surface area contributed by atoms with Gasteiger partial charge in [-0.2, -0.15) is 0 Å². The number of ether oxygens (including phenoxy) is 2.